The molecule has 2 aliphatic heterocycles. The number of hydrogen-bond acceptors (Lipinski definition) is 5. The molecule has 1 aromatic carbocycles. The average molecular weight is 346 g/mol. The van der Waals surface area contributed by atoms with Crippen molar-refractivity contribution in [3.63, 3.8) is 0 Å². The molecule has 9 heteroatoms. The molecule has 2 heterocycles. The third kappa shape index (κ3) is 3.70. The number of ether oxygens (including phenoxy) is 1. The fraction of sp³-hybridized carbons (Fsp3) is 0.375. The molecular formula is C16H18N4O5. The first-order chi connectivity index (χ1) is 12.0. The van der Waals surface area contributed by atoms with Crippen LogP contribution in [0, 0.1) is 0 Å². The zero-order valence-corrected chi connectivity index (χ0v) is 13.7. The first kappa shape index (κ1) is 16.7. The van der Waals surface area contributed by atoms with Gasteiger partial charge in [-0.05, 0) is 12.1 Å². The number of carbonyl (C=O) groups is 4. The molecule has 2 N–H and O–H groups in total. The van der Waals surface area contributed by atoms with Crippen LogP contribution < -0.4 is 20.3 Å². The van der Waals surface area contributed by atoms with Crippen LogP contribution in [0.4, 0.5) is 10.5 Å². The molecule has 25 heavy (non-hydrogen) atoms. The topological polar surface area (TPSA) is 108 Å². The van der Waals surface area contributed by atoms with Gasteiger partial charge in [-0.2, -0.15) is 0 Å². The molecule has 5 amide bonds. The van der Waals surface area contributed by atoms with Crippen molar-refractivity contribution in [3.05, 3.63) is 24.3 Å². The lowest BCUT2D eigenvalue weighted by Crippen LogP contribution is -2.44. The minimum atomic E-state index is -0.583. The molecule has 0 bridgehead atoms. The molecule has 1 aromatic rings. The number of anilines is 1. The molecule has 0 saturated carbocycles. The summed E-state index contributed by atoms with van der Waals surface area (Å²) in [4.78, 5) is 49.6. The van der Waals surface area contributed by atoms with E-state index in [0.29, 0.717) is 18.0 Å². The van der Waals surface area contributed by atoms with E-state index in [1.165, 1.54) is 0 Å². The molecule has 0 spiro atoms. The number of methoxy groups -OCH3 is 1. The number of carbonyl (C=O) groups excluding carboxylic acids is 4. The van der Waals surface area contributed by atoms with E-state index in [2.05, 4.69) is 10.6 Å². The molecule has 0 aromatic heterocycles. The molecular weight excluding hydrogens is 328 g/mol. The van der Waals surface area contributed by atoms with Crippen LogP contribution in [0.2, 0.25) is 0 Å². The number of nitrogens with zero attached hydrogens (tertiary/aromatic N) is 2. The quantitative estimate of drug-likeness (QED) is 0.697. The van der Waals surface area contributed by atoms with Crippen LogP contribution in [-0.2, 0) is 14.4 Å². The summed E-state index contributed by atoms with van der Waals surface area (Å²) >= 11 is 0. The Balaban J connectivity index is 1.58. The number of urea groups is 1. The van der Waals surface area contributed by atoms with E-state index in [0.717, 1.165) is 4.90 Å². The Kier molecular flexibility index (Phi) is 4.55. The number of nitrogens with one attached hydrogen (secondary N) is 2. The number of benzene rings is 1. The summed E-state index contributed by atoms with van der Waals surface area (Å²) in [5, 5.41) is 4.84. The van der Waals surface area contributed by atoms with Crippen molar-refractivity contribution in [2.24, 2.45) is 0 Å². The van der Waals surface area contributed by atoms with E-state index in [1.54, 1.807) is 36.3 Å². The van der Waals surface area contributed by atoms with E-state index in [4.69, 9.17) is 4.74 Å². The van der Waals surface area contributed by atoms with Crippen molar-refractivity contribution in [2.45, 2.75) is 12.5 Å². The van der Waals surface area contributed by atoms with Crippen LogP contribution in [0.15, 0.2) is 24.3 Å². The summed E-state index contributed by atoms with van der Waals surface area (Å²) in [6, 6.07) is 6.18. The van der Waals surface area contributed by atoms with Gasteiger partial charge in [0, 0.05) is 24.7 Å². The maximum atomic E-state index is 12.2. The highest BCUT2D eigenvalue weighted by Gasteiger charge is 2.33. The van der Waals surface area contributed by atoms with Crippen LogP contribution in [-0.4, -0.2) is 61.4 Å². The van der Waals surface area contributed by atoms with Crippen molar-refractivity contribution < 1.29 is 23.9 Å². The minimum absolute atomic E-state index is 0.104. The van der Waals surface area contributed by atoms with Gasteiger partial charge in [0.2, 0.25) is 17.7 Å². The fourth-order valence-electron chi connectivity index (χ4n) is 2.89. The third-order valence-corrected chi connectivity index (χ3v) is 4.06. The zero-order valence-electron chi connectivity index (χ0n) is 13.7. The van der Waals surface area contributed by atoms with E-state index in [9.17, 15) is 19.2 Å². The van der Waals surface area contributed by atoms with Crippen molar-refractivity contribution in [1.82, 2.24) is 15.5 Å². The van der Waals surface area contributed by atoms with Crippen molar-refractivity contribution in [1.29, 1.82) is 0 Å². The number of rotatable bonds is 5. The van der Waals surface area contributed by atoms with Gasteiger partial charge in [-0.3, -0.25) is 19.7 Å². The van der Waals surface area contributed by atoms with Crippen LogP contribution in [0.1, 0.15) is 6.42 Å². The van der Waals surface area contributed by atoms with E-state index in [-0.39, 0.29) is 31.5 Å². The Hall–Kier alpha value is -3.10. The molecule has 0 aliphatic carbocycles. The van der Waals surface area contributed by atoms with Gasteiger partial charge >= 0.3 is 6.03 Å². The van der Waals surface area contributed by atoms with Gasteiger partial charge in [-0.25, -0.2) is 4.79 Å². The highest BCUT2D eigenvalue weighted by molar-refractivity contribution is 6.03. The van der Waals surface area contributed by atoms with Gasteiger partial charge in [0.15, 0.2) is 0 Å². The Bertz CT molecular complexity index is 735. The second-order valence-electron chi connectivity index (χ2n) is 5.88. The lowest BCUT2D eigenvalue weighted by molar-refractivity contribution is -0.122. The van der Waals surface area contributed by atoms with Crippen molar-refractivity contribution >= 4 is 29.4 Å². The highest BCUT2D eigenvalue weighted by Crippen LogP contribution is 2.25. The van der Waals surface area contributed by atoms with Gasteiger partial charge in [0.05, 0.1) is 13.2 Å². The van der Waals surface area contributed by atoms with Crippen LogP contribution in [0.3, 0.4) is 0 Å². The Morgan fingerprint density at radius 2 is 2.16 bits per heavy atom. The zero-order chi connectivity index (χ0) is 18.0. The maximum absolute atomic E-state index is 12.2. The Morgan fingerprint density at radius 1 is 1.36 bits per heavy atom. The molecule has 1 atom stereocenters. The molecule has 9 nitrogen and oxygen atoms in total. The third-order valence-electron chi connectivity index (χ3n) is 4.06. The molecule has 2 fully saturated rings. The first-order valence-corrected chi connectivity index (χ1v) is 7.79. The summed E-state index contributed by atoms with van der Waals surface area (Å²) in [5.41, 5.74) is 0.700. The van der Waals surface area contributed by atoms with Crippen LogP contribution in [0.25, 0.3) is 0 Å². The van der Waals surface area contributed by atoms with Crippen LogP contribution >= 0.6 is 0 Å². The average Bonchev–Trinajstić information content (AvgIpc) is 3.09. The molecule has 2 saturated heterocycles. The normalized spacial score (nSPS) is 20.0. The molecule has 1 unspecified atom stereocenters. The lowest BCUT2D eigenvalue weighted by Gasteiger charge is -2.19. The Morgan fingerprint density at radius 3 is 2.84 bits per heavy atom. The number of imide groups is 1. The minimum Gasteiger partial charge on any atom is -0.497 e. The van der Waals surface area contributed by atoms with E-state index < -0.39 is 17.8 Å². The summed E-state index contributed by atoms with van der Waals surface area (Å²) in [5.74, 6) is -0.302. The summed E-state index contributed by atoms with van der Waals surface area (Å²) in [6.07, 6.45) is 0.175. The maximum Gasteiger partial charge on any atom is 0.325 e. The predicted octanol–water partition coefficient (Wildman–Crippen LogP) is -0.531. The lowest BCUT2D eigenvalue weighted by atomic mass is 10.2. The van der Waals surface area contributed by atoms with Gasteiger partial charge in [-0.1, -0.05) is 6.07 Å². The van der Waals surface area contributed by atoms with Gasteiger partial charge in [-0.15, -0.1) is 0 Å². The van der Waals surface area contributed by atoms with Crippen molar-refractivity contribution in [3.8, 4) is 5.75 Å². The molecule has 132 valence electrons. The van der Waals surface area contributed by atoms with E-state index in [1.807, 2.05) is 0 Å². The molecule has 2 aliphatic rings. The molecule has 0 radical (unpaired) electrons. The smallest absolute Gasteiger partial charge is 0.325 e. The summed E-state index contributed by atoms with van der Waals surface area (Å²) in [7, 11) is 1.55. The summed E-state index contributed by atoms with van der Waals surface area (Å²) in [6.45, 7) is -0.0178. The van der Waals surface area contributed by atoms with Gasteiger partial charge < -0.3 is 19.9 Å². The highest BCUT2D eigenvalue weighted by atomic mass is 16.5. The number of amides is 5. The Labute approximate surface area is 143 Å². The van der Waals surface area contributed by atoms with E-state index >= 15 is 0 Å². The molecule has 3 rings (SSSR count). The summed E-state index contributed by atoms with van der Waals surface area (Å²) < 4.78 is 5.16. The monoisotopic (exact) mass is 346 g/mol. The van der Waals surface area contributed by atoms with Crippen molar-refractivity contribution in [2.75, 3.05) is 31.6 Å². The standard InChI is InChI=1S/C16H18N4O5/c1-25-12-4-2-3-11(6-12)20-7-10(5-15(20)23)17-13(21)8-19-9-14(22)18-16(19)24/h2-4,6,10H,5,7-9H2,1H3,(H,17,21)(H,18,22,24). The first-order valence-electron chi connectivity index (χ1n) is 7.79. The predicted molar refractivity (Wildman–Crippen MR) is 87.0 cm³/mol. The second kappa shape index (κ2) is 6.80. The van der Waals surface area contributed by atoms with Crippen LogP contribution in [0.5, 0.6) is 5.75 Å². The SMILES string of the molecule is COc1cccc(N2CC(NC(=O)CN3CC(=O)NC3=O)CC2=O)c1. The van der Waals surface area contributed by atoms with Gasteiger partial charge in [0.25, 0.3) is 0 Å². The largest absolute Gasteiger partial charge is 0.497 e. The second-order valence-corrected chi connectivity index (χ2v) is 5.88. The van der Waals surface area contributed by atoms with Gasteiger partial charge in [0.1, 0.15) is 18.8 Å². The number of hydrogen-bond donors (Lipinski definition) is 2. The fourth-order valence-corrected chi connectivity index (χ4v) is 2.89.